The minimum Gasteiger partial charge on any atom is -0.454 e. The lowest BCUT2D eigenvalue weighted by molar-refractivity contribution is 0.174. The van der Waals surface area contributed by atoms with Crippen molar-refractivity contribution in [3.05, 3.63) is 23.8 Å². The molecule has 0 atom stereocenters. The molecule has 4 heteroatoms. The van der Waals surface area contributed by atoms with Crippen molar-refractivity contribution in [2.24, 2.45) is 5.16 Å². The second kappa shape index (κ2) is 3.35. The van der Waals surface area contributed by atoms with Crippen LogP contribution in [0.2, 0.25) is 0 Å². The first-order valence-electron chi connectivity index (χ1n) is 3.94. The fourth-order valence-corrected chi connectivity index (χ4v) is 1.21. The van der Waals surface area contributed by atoms with Gasteiger partial charge in [-0.2, -0.15) is 0 Å². The molecule has 0 saturated heterocycles. The van der Waals surface area contributed by atoms with Crippen LogP contribution in [-0.4, -0.2) is 18.2 Å². The van der Waals surface area contributed by atoms with E-state index in [1.54, 1.807) is 0 Å². The average molecular weight is 179 g/mol. The van der Waals surface area contributed by atoms with Gasteiger partial charge in [0, 0.05) is 12.6 Å². The van der Waals surface area contributed by atoms with Crippen LogP contribution in [0.3, 0.4) is 0 Å². The predicted molar refractivity (Wildman–Crippen MR) is 46.5 cm³/mol. The summed E-state index contributed by atoms with van der Waals surface area (Å²) in [5, 5.41) is 11.2. The number of benzene rings is 1. The highest BCUT2D eigenvalue weighted by Crippen LogP contribution is 2.32. The summed E-state index contributed by atoms with van der Waals surface area (Å²) in [7, 11) is 0. The molecule has 1 aliphatic heterocycles. The van der Waals surface area contributed by atoms with Gasteiger partial charge in [-0.05, 0) is 17.7 Å². The number of ether oxygens (including phenoxy) is 2. The van der Waals surface area contributed by atoms with Crippen LogP contribution in [-0.2, 0) is 6.42 Å². The standard InChI is InChI=1S/C9H9NO3/c11-10-4-3-7-1-2-8-9(5-7)13-6-12-8/h1-2,4-5,11H,3,6H2/b10-4+. The van der Waals surface area contributed by atoms with Crippen LogP contribution in [0.1, 0.15) is 5.56 Å². The molecule has 1 aromatic carbocycles. The molecule has 1 aromatic rings. The van der Waals surface area contributed by atoms with Crippen LogP contribution in [0.15, 0.2) is 23.4 Å². The third kappa shape index (κ3) is 1.56. The van der Waals surface area contributed by atoms with Gasteiger partial charge in [-0.15, -0.1) is 5.16 Å². The number of hydrogen-bond acceptors (Lipinski definition) is 4. The summed E-state index contributed by atoms with van der Waals surface area (Å²) in [6, 6.07) is 5.64. The molecule has 0 fully saturated rings. The quantitative estimate of drug-likeness (QED) is 0.424. The molecule has 0 amide bonds. The summed E-state index contributed by atoms with van der Waals surface area (Å²) in [6.07, 6.45) is 2.02. The zero-order chi connectivity index (χ0) is 9.10. The van der Waals surface area contributed by atoms with Crippen LogP contribution >= 0.6 is 0 Å². The van der Waals surface area contributed by atoms with Gasteiger partial charge in [-0.1, -0.05) is 6.07 Å². The van der Waals surface area contributed by atoms with E-state index < -0.39 is 0 Å². The van der Waals surface area contributed by atoms with Gasteiger partial charge in [0.25, 0.3) is 0 Å². The molecule has 13 heavy (non-hydrogen) atoms. The average Bonchev–Trinajstić information content (AvgIpc) is 2.61. The monoisotopic (exact) mass is 179 g/mol. The Labute approximate surface area is 75.4 Å². The number of fused-ring (bicyclic) bond motifs is 1. The van der Waals surface area contributed by atoms with E-state index in [1.807, 2.05) is 18.2 Å². The topological polar surface area (TPSA) is 51.1 Å². The highest BCUT2D eigenvalue weighted by atomic mass is 16.7. The number of oxime groups is 1. The SMILES string of the molecule is O/N=C/Cc1ccc2c(c1)OCO2. The maximum Gasteiger partial charge on any atom is 0.231 e. The summed E-state index contributed by atoms with van der Waals surface area (Å²) >= 11 is 0. The molecule has 0 aromatic heterocycles. The molecule has 1 aliphatic rings. The molecule has 0 spiro atoms. The first-order valence-corrected chi connectivity index (χ1v) is 3.94. The Morgan fingerprint density at radius 2 is 2.23 bits per heavy atom. The van der Waals surface area contributed by atoms with E-state index in [1.165, 1.54) is 6.21 Å². The third-order valence-corrected chi connectivity index (χ3v) is 1.85. The van der Waals surface area contributed by atoms with Gasteiger partial charge < -0.3 is 14.7 Å². The van der Waals surface area contributed by atoms with E-state index >= 15 is 0 Å². The second-order valence-corrected chi connectivity index (χ2v) is 2.69. The largest absolute Gasteiger partial charge is 0.454 e. The molecule has 1 heterocycles. The van der Waals surface area contributed by atoms with Crippen molar-refractivity contribution in [3.8, 4) is 11.5 Å². The third-order valence-electron chi connectivity index (χ3n) is 1.85. The maximum absolute atomic E-state index is 8.23. The van der Waals surface area contributed by atoms with Gasteiger partial charge in [0.1, 0.15) is 0 Å². The fourth-order valence-electron chi connectivity index (χ4n) is 1.21. The van der Waals surface area contributed by atoms with E-state index in [-0.39, 0.29) is 6.79 Å². The Hall–Kier alpha value is -1.71. The molecule has 0 bridgehead atoms. The molecule has 2 rings (SSSR count). The highest BCUT2D eigenvalue weighted by Gasteiger charge is 2.12. The van der Waals surface area contributed by atoms with Crippen molar-refractivity contribution in [1.29, 1.82) is 0 Å². The van der Waals surface area contributed by atoms with Crippen molar-refractivity contribution in [2.45, 2.75) is 6.42 Å². The van der Waals surface area contributed by atoms with Gasteiger partial charge in [-0.25, -0.2) is 0 Å². The molecule has 0 saturated carbocycles. The molecular formula is C9H9NO3. The van der Waals surface area contributed by atoms with E-state index in [4.69, 9.17) is 14.7 Å². The minimum atomic E-state index is 0.285. The van der Waals surface area contributed by atoms with E-state index in [0.717, 1.165) is 17.1 Å². The van der Waals surface area contributed by atoms with E-state index in [2.05, 4.69) is 5.16 Å². The van der Waals surface area contributed by atoms with Crippen LogP contribution in [0.5, 0.6) is 11.5 Å². The molecule has 0 unspecified atom stereocenters. The van der Waals surface area contributed by atoms with Gasteiger partial charge in [0.15, 0.2) is 11.5 Å². The van der Waals surface area contributed by atoms with Gasteiger partial charge in [-0.3, -0.25) is 0 Å². The predicted octanol–water partition coefficient (Wildman–Crippen LogP) is 1.42. The maximum atomic E-state index is 8.23. The van der Waals surface area contributed by atoms with E-state index in [9.17, 15) is 0 Å². The lowest BCUT2D eigenvalue weighted by Crippen LogP contribution is -1.93. The van der Waals surface area contributed by atoms with Crippen LogP contribution in [0.25, 0.3) is 0 Å². The van der Waals surface area contributed by atoms with Crippen LogP contribution < -0.4 is 9.47 Å². The summed E-state index contributed by atoms with van der Waals surface area (Å²) in [6.45, 7) is 0.285. The lowest BCUT2D eigenvalue weighted by atomic mass is 10.1. The normalized spacial score (nSPS) is 13.8. The number of rotatable bonds is 2. The van der Waals surface area contributed by atoms with Crippen molar-refractivity contribution >= 4 is 6.21 Å². The van der Waals surface area contributed by atoms with Crippen molar-refractivity contribution in [3.63, 3.8) is 0 Å². The zero-order valence-electron chi connectivity index (χ0n) is 6.93. The highest BCUT2D eigenvalue weighted by molar-refractivity contribution is 5.61. The Morgan fingerprint density at radius 3 is 3.08 bits per heavy atom. The molecule has 0 radical (unpaired) electrons. The van der Waals surface area contributed by atoms with Crippen molar-refractivity contribution in [2.75, 3.05) is 6.79 Å². The van der Waals surface area contributed by atoms with Crippen LogP contribution in [0, 0.1) is 0 Å². The zero-order valence-corrected chi connectivity index (χ0v) is 6.93. The first kappa shape index (κ1) is 7.91. The fraction of sp³-hybridized carbons (Fsp3) is 0.222. The summed E-state index contributed by atoms with van der Waals surface area (Å²) in [5.74, 6) is 1.52. The molecular weight excluding hydrogens is 170 g/mol. The summed E-state index contributed by atoms with van der Waals surface area (Å²) < 4.78 is 10.3. The van der Waals surface area contributed by atoms with Crippen LogP contribution in [0.4, 0.5) is 0 Å². The van der Waals surface area contributed by atoms with Gasteiger partial charge >= 0.3 is 0 Å². The second-order valence-electron chi connectivity index (χ2n) is 2.69. The smallest absolute Gasteiger partial charge is 0.231 e. The van der Waals surface area contributed by atoms with Crippen molar-refractivity contribution < 1.29 is 14.7 Å². The van der Waals surface area contributed by atoms with Gasteiger partial charge in [0.2, 0.25) is 6.79 Å². The lowest BCUT2D eigenvalue weighted by Gasteiger charge is -1.98. The number of nitrogens with zero attached hydrogens (tertiary/aromatic N) is 1. The summed E-state index contributed by atoms with van der Waals surface area (Å²) in [4.78, 5) is 0. The molecule has 0 aliphatic carbocycles. The van der Waals surface area contributed by atoms with Gasteiger partial charge in [0.05, 0.1) is 0 Å². The Kier molecular flexibility index (Phi) is 2.04. The van der Waals surface area contributed by atoms with E-state index in [0.29, 0.717) is 6.42 Å². The first-order chi connectivity index (χ1) is 6.40. The Morgan fingerprint density at radius 1 is 1.38 bits per heavy atom. The number of hydrogen-bond donors (Lipinski definition) is 1. The Bertz CT molecular complexity index is 336. The minimum absolute atomic E-state index is 0.285. The molecule has 68 valence electrons. The Balaban J connectivity index is 2.20. The summed E-state index contributed by atoms with van der Waals surface area (Å²) in [5.41, 5.74) is 1.03. The molecule has 4 nitrogen and oxygen atoms in total. The molecule has 1 N–H and O–H groups in total. The van der Waals surface area contributed by atoms with Crippen molar-refractivity contribution in [1.82, 2.24) is 0 Å².